The summed E-state index contributed by atoms with van der Waals surface area (Å²) < 4.78 is 0. The molecule has 2 nitrogen and oxygen atoms in total. The normalized spacial score (nSPS) is 11.8. The minimum atomic E-state index is 0.164. The predicted molar refractivity (Wildman–Crippen MR) is 72.4 cm³/mol. The monoisotopic (exact) mass is 233 g/mol. The molecule has 17 heavy (non-hydrogen) atoms. The average Bonchev–Trinajstić information content (AvgIpc) is 2.36. The molecule has 1 aromatic carbocycles. The third-order valence-electron chi connectivity index (χ3n) is 3.67. The predicted octanol–water partition coefficient (Wildman–Crippen LogP) is 3.38. The third-order valence-corrected chi connectivity index (χ3v) is 3.67. The summed E-state index contributed by atoms with van der Waals surface area (Å²) in [6.45, 7) is 7.41. The van der Waals surface area contributed by atoms with E-state index in [0.717, 1.165) is 18.5 Å². The highest BCUT2D eigenvalue weighted by molar-refractivity contribution is 5.96. The van der Waals surface area contributed by atoms with E-state index in [1.807, 2.05) is 30.3 Å². The number of carbonyl (C=O) groups excluding carboxylic acids is 1. The van der Waals surface area contributed by atoms with Crippen LogP contribution in [0.4, 0.5) is 0 Å². The maximum Gasteiger partial charge on any atom is 0.164 e. The van der Waals surface area contributed by atoms with Gasteiger partial charge in [-0.2, -0.15) is 0 Å². The van der Waals surface area contributed by atoms with Crippen molar-refractivity contribution in [2.24, 2.45) is 0 Å². The first-order chi connectivity index (χ1) is 7.97. The number of ketones is 1. The Labute approximate surface area is 105 Å². The lowest BCUT2D eigenvalue weighted by Gasteiger charge is -2.34. The minimum Gasteiger partial charge on any atom is -0.301 e. The van der Waals surface area contributed by atoms with Gasteiger partial charge >= 0.3 is 0 Å². The summed E-state index contributed by atoms with van der Waals surface area (Å²) in [5.74, 6) is 0.226. The van der Waals surface area contributed by atoms with Gasteiger partial charge in [0.2, 0.25) is 0 Å². The van der Waals surface area contributed by atoms with Crippen molar-refractivity contribution in [1.29, 1.82) is 0 Å². The zero-order valence-corrected chi connectivity index (χ0v) is 11.4. The van der Waals surface area contributed by atoms with E-state index in [2.05, 4.69) is 32.7 Å². The van der Waals surface area contributed by atoms with Crippen LogP contribution in [0.15, 0.2) is 30.3 Å². The fourth-order valence-corrected chi connectivity index (χ4v) is 1.61. The topological polar surface area (TPSA) is 20.3 Å². The Morgan fingerprint density at radius 1 is 1.24 bits per heavy atom. The van der Waals surface area contributed by atoms with E-state index in [1.54, 1.807) is 0 Å². The lowest BCUT2D eigenvalue weighted by Crippen LogP contribution is -2.41. The molecule has 1 aromatic rings. The van der Waals surface area contributed by atoms with Crippen LogP contribution in [0.1, 0.15) is 44.0 Å². The second-order valence-electron chi connectivity index (χ2n) is 5.13. The van der Waals surface area contributed by atoms with Crippen LogP contribution in [-0.2, 0) is 0 Å². The van der Waals surface area contributed by atoms with Gasteiger partial charge in [-0.1, -0.05) is 37.3 Å². The van der Waals surface area contributed by atoms with Crippen molar-refractivity contribution in [2.75, 3.05) is 13.6 Å². The van der Waals surface area contributed by atoms with Gasteiger partial charge < -0.3 is 4.90 Å². The van der Waals surface area contributed by atoms with Crippen LogP contribution in [0.2, 0.25) is 0 Å². The van der Waals surface area contributed by atoms with Gasteiger partial charge in [0.1, 0.15) is 0 Å². The number of Topliss-reactive ketones (excluding diaryl/α,β-unsaturated/α-hetero) is 1. The van der Waals surface area contributed by atoms with Gasteiger partial charge in [0, 0.05) is 24.1 Å². The van der Waals surface area contributed by atoms with E-state index in [1.165, 1.54) is 0 Å². The van der Waals surface area contributed by atoms with Crippen molar-refractivity contribution in [1.82, 2.24) is 4.90 Å². The van der Waals surface area contributed by atoms with E-state index in [9.17, 15) is 4.79 Å². The quantitative estimate of drug-likeness (QED) is 0.702. The van der Waals surface area contributed by atoms with E-state index < -0.39 is 0 Å². The van der Waals surface area contributed by atoms with Gasteiger partial charge in [0.05, 0.1) is 0 Å². The fourth-order valence-electron chi connectivity index (χ4n) is 1.61. The molecule has 2 heteroatoms. The van der Waals surface area contributed by atoms with Gasteiger partial charge in [-0.05, 0) is 27.3 Å². The molecular formula is C15H23NO. The highest BCUT2D eigenvalue weighted by Gasteiger charge is 2.21. The summed E-state index contributed by atoms with van der Waals surface area (Å²) in [5, 5.41) is 0. The SMILES string of the molecule is CCC(C)(C)N(C)CCC(=O)c1ccccc1. The Kier molecular flexibility index (Phi) is 4.88. The van der Waals surface area contributed by atoms with Crippen molar-refractivity contribution >= 4 is 5.78 Å². The molecule has 0 amide bonds. The molecule has 1 rings (SSSR count). The van der Waals surface area contributed by atoms with E-state index in [4.69, 9.17) is 0 Å². The van der Waals surface area contributed by atoms with Gasteiger partial charge in [0.15, 0.2) is 5.78 Å². The van der Waals surface area contributed by atoms with Crippen LogP contribution in [0, 0.1) is 0 Å². The number of hydrogen-bond donors (Lipinski definition) is 0. The van der Waals surface area contributed by atoms with E-state index in [-0.39, 0.29) is 11.3 Å². The molecule has 0 saturated carbocycles. The Hall–Kier alpha value is -1.15. The molecular weight excluding hydrogens is 210 g/mol. The van der Waals surface area contributed by atoms with Crippen LogP contribution in [0.25, 0.3) is 0 Å². The highest BCUT2D eigenvalue weighted by atomic mass is 16.1. The van der Waals surface area contributed by atoms with Crippen LogP contribution in [0.3, 0.4) is 0 Å². The van der Waals surface area contributed by atoms with Crippen molar-refractivity contribution in [2.45, 2.75) is 39.2 Å². The zero-order chi connectivity index (χ0) is 12.9. The van der Waals surface area contributed by atoms with Crippen molar-refractivity contribution in [3.05, 3.63) is 35.9 Å². The summed E-state index contributed by atoms with van der Waals surface area (Å²) in [6, 6.07) is 9.52. The number of benzene rings is 1. The van der Waals surface area contributed by atoms with E-state index in [0.29, 0.717) is 6.42 Å². The molecule has 0 N–H and O–H groups in total. The van der Waals surface area contributed by atoms with Gasteiger partial charge in [-0.3, -0.25) is 4.79 Å². The molecule has 0 unspecified atom stereocenters. The standard InChI is InChI=1S/C15H23NO/c1-5-15(2,3)16(4)12-11-14(17)13-9-7-6-8-10-13/h6-10H,5,11-12H2,1-4H3. The maximum absolute atomic E-state index is 11.9. The number of hydrogen-bond acceptors (Lipinski definition) is 2. The van der Waals surface area contributed by atoms with Gasteiger partial charge in [-0.25, -0.2) is 0 Å². The smallest absolute Gasteiger partial charge is 0.164 e. The lowest BCUT2D eigenvalue weighted by atomic mass is 9.99. The molecule has 0 aliphatic carbocycles. The molecule has 0 saturated heterocycles. The molecule has 0 aromatic heterocycles. The van der Waals surface area contributed by atoms with Crippen molar-refractivity contribution in [3.8, 4) is 0 Å². The summed E-state index contributed by atoms with van der Waals surface area (Å²) in [4.78, 5) is 14.2. The zero-order valence-electron chi connectivity index (χ0n) is 11.4. The second-order valence-corrected chi connectivity index (χ2v) is 5.13. The fraction of sp³-hybridized carbons (Fsp3) is 0.533. The van der Waals surface area contributed by atoms with Crippen LogP contribution >= 0.6 is 0 Å². The summed E-state index contributed by atoms with van der Waals surface area (Å²) >= 11 is 0. The molecule has 0 radical (unpaired) electrons. The first-order valence-electron chi connectivity index (χ1n) is 6.27. The molecule has 0 aliphatic heterocycles. The first kappa shape index (κ1) is 13.9. The van der Waals surface area contributed by atoms with Crippen molar-refractivity contribution < 1.29 is 4.79 Å². The second kappa shape index (κ2) is 5.97. The Bertz CT molecular complexity index is 356. The summed E-state index contributed by atoms with van der Waals surface area (Å²) in [6.07, 6.45) is 1.67. The Balaban J connectivity index is 2.50. The first-order valence-corrected chi connectivity index (χ1v) is 6.27. The summed E-state index contributed by atoms with van der Waals surface area (Å²) in [5.41, 5.74) is 0.979. The molecule has 0 bridgehead atoms. The Morgan fingerprint density at radius 3 is 2.35 bits per heavy atom. The van der Waals surface area contributed by atoms with Crippen molar-refractivity contribution in [3.63, 3.8) is 0 Å². The van der Waals surface area contributed by atoms with Crippen LogP contribution in [0.5, 0.6) is 0 Å². The van der Waals surface area contributed by atoms with Crippen LogP contribution in [-0.4, -0.2) is 29.8 Å². The molecule has 0 atom stereocenters. The molecule has 0 fully saturated rings. The average molecular weight is 233 g/mol. The minimum absolute atomic E-state index is 0.164. The Morgan fingerprint density at radius 2 is 1.82 bits per heavy atom. The molecule has 0 heterocycles. The summed E-state index contributed by atoms with van der Waals surface area (Å²) in [7, 11) is 2.09. The molecule has 0 spiro atoms. The number of rotatable bonds is 6. The van der Waals surface area contributed by atoms with E-state index >= 15 is 0 Å². The highest BCUT2D eigenvalue weighted by Crippen LogP contribution is 2.17. The number of carbonyl (C=O) groups is 1. The van der Waals surface area contributed by atoms with Gasteiger partial charge in [-0.15, -0.1) is 0 Å². The van der Waals surface area contributed by atoms with Gasteiger partial charge in [0.25, 0.3) is 0 Å². The lowest BCUT2D eigenvalue weighted by molar-refractivity contribution is 0.0929. The third kappa shape index (κ3) is 3.97. The largest absolute Gasteiger partial charge is 0.301 e. The maximum atomic E-state index is 11.9. The van der Waals surface area contributed by atoms with Crippen LogP contribution < -0.4 is 0 Å². The molecule has 94 valence electrons. The number of nitrogens with zero attached hydrogens (tertiary/aromatic N) is 1. The molecule has 0 aliphatic rings.